The lowest BCUT2D eigenvalue weighted by Crippen LogP contribution is -2.30. The molecule has 0 radical (unpaired) electrons. The molecule has 1 atom stereocenters. The molecular weight excluding hydrogens is 182 g/mol. The smallest absolute Gasteiger partial charge is 0.311 e. The van der Waals surface area contributed by atoms with Crippen molar-refractivity contribution in [2.24, 2.45) is 11.3 Å². The van der Waals surface area contributed by atoms with Gasteiger partial charge in [-0.1, -0.05) is 0 Å². The average molecular weight is 201 g/mol. The highest BCUT2D eigenvalue weighted by molar-refractivity contribution is 5.73. The first kappa shape index (κ1) is 11.5. The first-order valence-electron chi connectivity index (χ1n) is 5.04. The molecule has 1 heterocycles. The van der Waals surface area contributed by atoms with Gasteiger partial charge in [-0.3, -0.25) is 4.79 Å². The highest BCUT2D eigenvalue weighted by Gasteiger charge is 2.27. The van der Waals surface area contributed by atoms with Gasteiger partial charge in [-0.2, -0.15) is 0 Å². The summed E-state index contributed by atoms with van der Waals surface area (Å²) in [6.45, 7) is 6.37. The summed E-state index contributed by atoms with van der Waals surface area (Å²) in [7, 11) is 0. The molecule has 4 nitrogen and oxygen atoms in total. The van der Waals surface area contributed by atoms with Crippen LogP contribution in [-0.4, -0.2) is 37.4 Å². The van der Waals surface area contributed by atoms with Crippen molar-refractivity contribution in [2.75, 3.05) is 26.3 Å². The van der Waals surface area contributed by atoms with E-state index in [1.807, 2.05) is 0 Å². The fourth-order valence-electron chi connectivity index (χ4n) is 1.40. The van der Waals surface area contributed by atoms with Crippen LogP contribution in [0, 0.1) is 11.3 Å². The summed E-state index contributed by atoms with van der Waals surface area (Å²) in [4.78, 5) is 10.8. The van der Waals surface area contributed by atoms with Crippen LogP contribution >= 0.6 is 0 Å². The Hall–Kier alpha value is -0.610. The molecule has 1 fully saturated rings. The van der Waals surface area contributed by atoms with Gasteiger partial charge in [0.05, 0.1) is 18.6 Å². The molecule has 1 rings (SSSR count). The Labute approximate surface area is 84.6 Å². The standard InChI is InChI=1S/C10H19NO3/c1-10(2,9(12)13)7-14-6-8-3-4-11-5-8/h8,11H,3-7H2,1-2H3,(H,12,13). The summed E-state index contributed by atoms with van der Waals surface area (Å²) in [6, 6.07) is 0. The summed E-state index contributed by atoms with van der Waals surface area (Å²) in [5.74, 6) is -0.248. The van der Waals surface area contributed by atoms with Crippen LogP contribution in [0.15, 0.2) is 0 Å². The fraction of sp³-hybridized carbons (Fsp3) is 0.900. The molecule has 0 spiro atoms. The van der Waals surface area contributed by atoms with Crippen LogP contribution in [0.3, 0.4) is 0 Å². The second-order valence-corrected chi connectivity index (χ2v) is 4.56. The van der Waals surface area contributed by atoms with Crippen LogP contribution in [0.4, 0.5) is 0 Å². The third-order valence-corrected chi connectivity index (χ3v) is 2.56. The Morgan fingerprint density at radius 2 is 2.36 bits per heavy atom. The van der Waals surface area contributed by atoms with Crippen LogP contribution < -0.4 is 5.32 Å². The van der Waals surface area contributed by atoms with E-state index in [0.29, 0.717) is 19.1 Å². The number of carbonyl (C=O) groups is 1. The Kier molecular flexibility index (Phi) is 3.89. The number of carboxylic acids is 1. The van der Waals surface area contributed by atoms with Crippen LogP contribution in [-0.2, 0) is 9.53 Å². The molecule has 0 amide bonds. The number of carboxylic acid groups (broad SMARTS) is 1. The minimum absolute atomic E-state index is 0.291. The number of aliphatic carboxylic acids is 1. The van der Waals surface area contributed by atoms with Gasteiger partial charge in [0.25, 0.3) is 0 Å². The molecule has 1 unspecified atom stereocenters. The van der Waals surface area contributed by atoms with E-state index < -0.39 is 11.4 Å². The quantitative estimate of drug-likeness (QED) is 0.688. The zero-order chi connectivity index (χ0) is 10.6. The zero-order valence-electron chi connectivity index (χ0n) is 8.88. The third-order valence-electron chi connectivity index (χ3n) is 2.56. The third kappa shape index (κ3) is 3.27. The molecule has 1 saturated heterocycles. The minimum Gasteiger partial charge on any atom is -0.481 e. The summed E-state index contributed by atoms with van der Waals surface area (Å²) >= 11 is 0. The molecule has 1 aliphatic heterocycles. The SMILES string of the molecule is CC(C)(COCC1CCNC1)C(=O)O. The van der Waals surface area contributed by atoms with Crippen molar-refractivity contribution in [2.45, 2.75) is 20.3 Å². The topological polar surface area (TPSA) is 58.6 Å². The zero-order valence-corrected chi connectivity index (χ0v) is 8.88. The van der Waals surface area contributed by atoms with E-state index in [2.05, 4.69) is 5.32 Å². The molecule has 0 aliphatic carbocycles. The number of rotatable bonds is 5. The van der Waals surface area contributed by atoms with Crippen molar-refractivity contribution >= 4 is 5.97 Å². The van der Waals surface area contributed by atoms with Gasteiger partial charge in [0, 0.05) is 6.54 Å². The van der Waals surface area contributed by atoms with Gasteiger partial charge in [-0.25, -0.2) is 0 Å². The van der Waals surface area contributed by atoms with E-state index in [4.69, 9.17) is 9.84 Å². The highest BCUT2D eigenvalue weighted by atomic mass is 16.5. The van der Waals surface area contributed by atoms with Crippen molar-refractivity contribution in [3.63, 3.8) is 0 Å². The maximum Gasteiger partial charge on any atom is 0.311 e. The lowest BCUT2D eigenvalue weighted by atomic mass is 9.95. The van der Waals surface area contributed by atoms with Crippen LogP contribution in [0.2, 0.25) is 0 Å². The molecule has 0 aromatic heterocycles. The van der Waals surface area contributed by atoms with E-state index in [9.17, 15) is 4.79 Å². The number of nitrogens with one attached hydrogen (secondary N) is 1. The molecule has 4 heteroatoms. The summed E-state index contributed by atoms with van der Waals surface area (Å²) in [5.41, 5.74) is -0.772. The van der Waals surface area contributed by atoms with Crippen molar-refractivity contribution < 1.29 is 14.6 Å². The highest BCUT2D eigenvalue weighted by Crippen LogP contribution is 2.16. The molecule has 2 N–H and O–H groups in total. The maximum absolute atomic E-state index is 10.8. The maximum atomic E-state index is 10.8. The van der Waals surface area contributed by atoms with Gasteiger partial charge in [0.2, 0.25) is 0 Å². The Morgan fingerprint density at radius 3 is 2.86 bits per heavy atom. The number of ether oxygens (including phenoxy) is 1. The fourth-order valence-corrected chi connectivity index (χ4v) is 1.40. The Balaban J connectivity index is 2.16. The van der Waals surface area contributed by atoms with Gasteiger partial charge >= 0.3 is 5.97 Å². The Morgan fingerprint density at radius 1 is 1.64 bits per heavy atom. The van der Waals surface area contributed by atoms with E-state index in [1.165, 1.54) is 0 Å². The van der Waals surface area contributed by atoms with E-state index >= 15 is 0 Å². The predicted molar refractivity (Wildman–Crippen MR) is 53.2 cm³/mol. The molecule has 14 heavy (non-hydrogen) atoms. The predicted octanol–water partition coefficient (Wildman–Crippen LogP) is 0.723. The average Bonchev–Trinajstić information content (AvgIpc) is 2.56. The van der Waals surface area contributed by atoms with Crippen molar-refractivity contribution in [3.05, 3.63) is 0 Å². The van der Waals surface area contributed by atoms with Gasteiger partial charge in [0.15, 0.2) is 0 Å². The van der Waals surface area contributed by atoms with Crippen molar-refractivity contribution in [1.82, 2.24) is 5.32 Å². The Bertz CT molecular complexity index is 198. The molecule has 0 aromatic carbocycles. The number of hydrogen-bond donors (Lipinski definition) is 2. The lowest BCUT2D eigenvalue weighted by Gasteiger charge is -2.20. The molecule has 0 bridgehead atoms. The van der Waals surface area contributed by atoms with E-state index in [1.54, 1.807) is 13.8 Å². The van der Waals surface area contributed by atoms with Crippen molar-refractivity contribution in [1.29, 1.82) is 0 Å². The van der Waals surface area contributed by atoms with Gasteiger partial charge < -0.3 is 15.2 Å². The lowest BCUT2D eigenvalue weighted by molar-refractivity contribution is -0.150. The van der Waals surface area contributed by atoms with Crippen molar-refractivity contribution in [3.8, 4) is 0 Å². The monoisotopic (exact) mass is 201 g/mol. The van der Waals surface area contributed by atoms with Gasteiger partial charge in [0.1, 0.15) is 0 Å². The summed E-state index contributed by atoms with van der Waals surface area (Å²) in [5, 5.41) is 12.1. The largest absolute Gasteiger partial charge is 0.481 e. The molecule has 82 valence electrons. The van der Waals surface area contributed by atoms with Crippen LogP contribution in [0.25, 0.3) is 0 Å². The summed E-state index contributed by atoms with van der Waals surface area (Å²) in [6.07, 6.45) is 1.13. The normalized spacial score (nSPS) is 22.6. The second-order valence-electron chi connectivity index (χ2n) is 4.56. The van der Waals surface area contributed by atoms with E-state index in [-0.39, 0.29) is 0 Å². The first-order valence-corrected chi connectivity index (χ1v) is 5.04. The molecule has 0 saturated carbocycles. The second kappa shape index (κ2) is 4.75. The number of hydrogen-bond acceptors (Lipinski definition) is 3. The van der Waals surface area contributed by atoms with Crippen LogP contribution in [0.5, 0.6) is 0 Å². The molecule has 0 aromatic rings. The first-order chi connectivity index (χ1) is 6.52. The molecule has 1 aliphatic rings. The summed E-state index contributed by atoms with van der Waals surface area (Å²) < 4.78 is 5.42. The minimum atomic E-state index is -0.804. The molecular formula is C10H19NO3. The van der Waals surface area contributed by atoms with Gasteiger partial charge in [-0.15, -0.1) is 0 Å². The van der Waals surface area contributed by atoms with Gasteiger partial charge in [-0.05, 0) is 32.7 Å². The van der Waals surface area contributed by atoms with E-state index in [0.717, 1.165) is 19.5 Å². The van der Waals surface area contributed by atoms with Crippen LogP contribution in [0.1, 0.15) is 20.3 Å².